The Morgan fingerprint density at radius 1 is 1.58 bits per heavy atom. The lowest BCUT2D eigenvalue weighted by Crippen LogP contribution is -2.07. The van der Waals surface area contributed by atoms with Crippen molar-refractivity contribution in [3.63, 3.8) is 0 Å². The third kappa shape index (κ3) is 2.11. The van der Waals surface area contributed by atoms with E-state index in [1.807, 2.05) is 0 Å². The van der Waals surface area contributed by atoms with Crippen molar-refractivity contribution in [1.29, 1.82) is 5.26 Å². The minimum atomic E-state index is -0.637. The van der Waals surface area contributed by atoms with Gasteiger partial charge in [-0.1, -0.05) is 0 Å². The number of hydrogen-bond donors (Lipinski definition) is 1. The Bertz CT molecular complexity index is 684. The molecule has 96 valence electrons. The topological polar surface area (TPSA) is 107 Å². The van der Waals surface area contributed by atoms with Crippen molar-refractivity contribution in [2.45, 2.75) is 6.92 Å². The number of pyridine rings is 1. The van der Waals surface area contributed by atoms with Crippen molar-refractivity contribution in [1.82, 2.24) is 14.8 Å². The van der Waals surface area contributed by atoms with Crippen LogP contribution in [0, 0.1) is 18.3 Å². The van der Waals surface area contributed by atoms with Gasteiger partial charge in [-0.2, -0.15) is 10.4 Å². The van der Waals surface area contributed by atoms with Gasteiger partial charge in [0.2, 0.25) is 0 Å². The number of anilines is 1. The average molecular weight is 257 g/mol. The van der Waals surface area contributed by atoms with Crippen LogP contribution < -0.4 is 5.73 Å². The fourth-order valence-corrected chi connectivity index (χ4v) is 1.61. The Hall–Kier alpha value is -2.88. The quantitative estimate of drug-likeness (QED) is 0.798. The van der Waals surface area contributed by atoms with Gasteiger partial charge in [0.05, 0.1) is 24.6 Å². The summed E-state index contributed by atoms with van der Waals surface area (Å²) in [5.41, 5.74) is 6.99. The molecule has 0 spiro atoms. The predicted molar refractivity (Wildman–Crippen MR) is 66.6 cm³/mol. The van der Waals surface area contributed by atoms with Gasteiger partial charge < -0.3 is 10.5 Å². The number of aromatic nitrogens is 3. The zero-order chi connectivity index (χ0) is 14.0. The van der Waals surface area contributed by atoms with Crippen LogP contribution in [0.1, 0.15) is 21.6 Å². The number of nitriles is 1. The standard InChI is InChI=1S/C12H11N5O2/c1-7-3-4-15-11(8(7)5-13)17-6-9(14)10(16-17)12(18)19-2/h3-4,6H,14H2,1-2H3. The highest BCUT2D eigenvalue weighted by Gasteiger charge is 2.18. The highest BCUT2D eigenvalue weighted by atomic mass is 16.5. The normalized spacial score (nSPS) is 9.95. The second kappa shape index (κ2) is 4.78. The molecule has 0 saturated heterocycles. The van der Waals surface area contributed by atoms with Gasteiger partial charge in [0.1, 0.15) is 6.07 Å². The number of nitrogens with two attached hydrogens (primary N) is 1. The summed E-state index contributed by atoms with van der Waals surface area (Å²) in [7, 11) is 1.24. The Morgan fingerprint density at radius 3 is 2.95 bits per heavy atom. The molecule has 7 nitrogen and oxygen atoms in total. The molecule has 2 N–H and O–H groups in total. The number of methoxy groups -OCH3 is 1. The number of carbonyl (C=O) groups excluding carboxylic acids is 1. The molecule has 0 amide bonds. The summed E-state index contributed by atoms with van der Waals surface area (Å²) in [5, 5.41) is 13.1. The molecule has 2 rings (SSSR count). The first-order chi connectivity index (χ1) is 9.08. The molecule has 0 fully saturated rings. The van der Waals surface area contributed by atoms with E-state index < -0.39 is 5.97 Å². The van der Waals surface area contributed by atoms with Crippen molar-refractivity contribution >= 4 is 11.7 Å². The summed E-state index contributed by atoms with van der Waals surface area (Å²) in [6.45, 7) is 1.79. The summed E-state index contributed by atoms with van der Waals surface area (Å²) in [6.07, 6.45) is 2.98. The van der Waals surface area contributed by atoms with Crippen molar-refractivity contribution in [3.05, 3.63) is 35.3 Å². The molecular weight excluding hydrogens is 246 g/mol. The lowest BCUT2D eigenvalue weighted by molar-refractivity contribution is 0.0594. The number of aryl methyl sites for hydroxylation is 1. The molecule has 19 heavy (non-hydrogen) atoms. The van der Waals surface area contributed by atoms with Crippen LogP contribution in [0.2, 0.25) is 0 Å². The zero-order valence-electron chi connectivity index (χ0n) is 10.4. The van der Waals surface area contributed by atoms with E-state index >= 15 is 0 Å². The number of nitrogens with zero attached hydrogens (tertiary/aromatic N) is 4. The summed E-state index contributed by atoms with van der Waals surface area (Å²) >= 11 is 0. The van der Waals surface area contributed by atoms with Crippen molar-refractivity contribution < 1.29 is 9.53 Å². The van der Waals surface area contributed by atoms with E-state index in [1.165, 1.54) is 18.0 Å². The fourth-order valence-electron chi connectivity index (χ4n) is 1.61. The van der Waals surface area contributed by atoms with Gasteiger partial charge in [-0.3, -0.25) is 0 Å². The second-order valence-corrected chi connectivity index (χ2v) is 3.81. The lowest BCUT2D eigenvalue weighted by atomic mass is 10.1. The molecule has 0 aliphatic carbocycles. The number of carbonyl (C=O) groups is 1. The van der Waals surface area contributed by atoms with E-state index in [4.69, 9.17) is 11.0 Å². The van der Waals surface area contributed by atoms with Gasteiger partial charge in [0.15, 0.2) is 11.5 Å². The number of rotatable bonds is 2. The summed E-state index contributed by atoms with van der Waals surface area (Å²) in [4.78, 5) is 15.5. The highest BCUT2D eigenvalue weighted by molar-refractivity contribution is 5.92. The van der Waals surface area contributed by atoms with Crippen LogP contribution in [0.5, 0.6) is 0 Å². The molecule has 7 heteroatoms. The Morgan fingerprint density at radius 2 is 2.32 bits per heavy atom. The van der Waals surface area contributed by atoms with E-state index in [1.54, 1.807) is 19.2 Å². The van der Waals surface area contributed by atoms with E-state index in [0.717, 1.165) is 5.56 Å². The third-order valence-electron chi connectivity index (χ3n) is 2.59. The molecule has 0 atom stereocenters. The molecule has 2 aromatic rings. The van der Waals surface area contributed by atoms with Crippen LogP contribution in [0.4, 0.5) is 5.69 Å². The number of esters is 1. The predicted octanol–water partition coefficient (Wildman–Crippen LogP) is 0.816. The van der Waals surface area contributed by atoms with E-state index in [9.17, 15) is 4.79 Å². The van der Waals surface area contributed by atoms with E-state index in [0.29, 0.717) is 11.4 Å². The first-order valence-corrected chi connectivity index (χ1v) is 5.38. The van der Waals surface area contributed by atoms with Crippen LogP contribution in [0.15, 0.2) is 18.5 Å². The molecule has 2 aromatic heterocycles. The van der Waals surface area contributed by atoms with Gasteiger partial charge >= 0.3 is 5.97 Å². The molecule has 0 bridgehead atoms. The molecular formula is C12H11N5O2. The van der Waals surface area contributed by atoms with Gasteiger partial charge in [-0.25, -0.2) is 14.5 Å². The second-order valence-electron chi connectivity index (χ2n) is 3.81. The van der Waals surface area contributed by atoms with Crippen molar-refractivity contribution in [2.75, 3.05) is 12.8 Å². The summed E-state index contributed by atoms with van der Waals surface area (Å²) < 4.78 is 5.87. The Balaban J connectivity index is 2.59. The van der Waals surface area contributed by atoms with Crippen LogP contribution in [0.3, 0.4) is 0 Å². The van der Waals surface area contributed by atoms with Gasteiger partial charge in [0.25, 0.3) is 0 Å². The number of nitrogen functional groups attached to an aromatic ring is 1. The summed E-state index contributed by atoms with van der Waals surface area (Å²) in [5.74, 6) is -0.313. The van der Waals surface area contributed by atoms with Crippen LogP contribution in [0.25, 0.3) is 5.82 Å². The highest BCUT2D eigenvalue weighted by Crippen LogP contribution is 2.18. The molecule has 0 unspecified atom stereocenters. The maximum absolute atomic E-state index is 11.4. The van der Waals surface area contributed by atoms with Crippen LogP contribution in [-0.2, 0) is 4.74 Å². The Labute approximate surface area is 109 Å². The number of ether oxygens (including phenoxy) is 1. The lowest BCUT2D eigenvalue weighted by Gasteiger charge is -2.04. The largest absolute Gasteiger partial charge is 0.464 e. The molecule has 2 heterocycles. The van der Waals surface area contributed by atoms with Gasteiger partial charge in [-0.05, 0) is 18.6 Å². The molecule has 0 aromatic carbocycles. The number of hydrogen-bond acceptors (Lipinski definition) is 6. The molecule has 0 aliphatic rings. The van der Waals surface area contributed by atoms with Crippen molar-refractivity contribution in [2.24, 2.45) is 0 Å². The Kier molecular flexibility index (Phi) is 3.16. The minimum Gasteiger partial charge on any atom is -0.464 e. The zero-order valence-corrected chi connectivity index (χ0v) is 10.4. The average Bonchev–Trinajstić information content (AvgIpc) is 2.79. The summed E-state index contributed by atoms with van der Waals surface area (Å²) in [6, 6.07) is 3.77. The maximum Gasteiger partial charge on any atom is 0.360 e. The van der Waals surface area contributed by atoms with E-state index in [2.05, 4.69) is 20.9 Å². The van der Waals surface area contributed by atoms with E-state index in [-0.39, 0.29) is 11.4 Å². The molecule has 0 aliphatic heterocycles. The SMILES string of the molecule is COC(=O)c1nn(-c2nccc(C)c2C#N)cc1N. The molecule has 0 saturated carbocycles. The third-order valence-corrected chi connectivity index (χ3v) is 2.59. The minimum absolute atomic E-state index is 0.00491. The van der Waals surface area contributed by atoms with Crippen LogP contribution in [-0.4, -0.2) is 27.8 Å². The first-order valence-electron chi connectivity index (χ1n) is 5.38. The smallest absolute Gasteiger partial charge is 0.360 e. The van der Waals surface area contributed by atoms with Crippen molar-refractivity contribution in [3.8, 4) is 11.9 Å². The van der Waals surface area contributed by atoms with Gasteiger partial charge in [-0.15, -0.1) is 0 Å². The molecule has 0 radical (unpaired) electrons. The maximum atomic E-state index is 11.4. The van der Waals surface area contributed by atoms with Crippen LogP contribution >= 0.6 is 0 Å². The monoisotopic (exact) mass is 257 g/mol. The first kappa shape index (κ1) is 12.6. The van der Waals surface area contributed by atoms with Gasteiger partial charge in [0, 0.05) is 6.20 Å². The fraction of sp³-hybridized carbons (Fsp3) is 0.167.